The smallest absolute Gasteiger partial charge is 0.354 e. The Morgan fingerprint density at radius 2 is 1.67 bits per heavy atom. The summed E-state index contributed by atoms with van der Waals surface area (Å²) in [6.07, 6.45) is 7.53. The number of hydrogen-bond donors (Lipinski definition) is 0. The zero-order valence-corrected chi connectivity index (χ0v) is 16.1. The van der Waals surface area contributed by atoms with E-state index in [-0.39, 0.29) is 11.6 Å². The summed E-state index contributed by atoms with van der Waals surface area (Å²) in [5.41, 5.74) is 0.449. The molecule has 5 nitrogen and oxygen atoms in total. The Balaban J connectivity index is 1.28. The van der Waals surface area contributed by atoms with Crippen molar-refractivity contribution in [2.75, 3.05) is 7.11 Å². The van der Waals surface area contributed by atoms with Gasteiger partial charge < -0.3 is 14.3 Å². The molecule has 144 valence electrons. The molecule has 1 heterocycles. The van der Waals surface area contributed by atoms with Crippen LogP contribution in [0.1, 0.15) is 57.4 Å². The van der Waals surface area contributed by atoms with Crippen molar-refractivity contribution in [2.24, 2.45) is 22.9 Å². The predicted molar refractivity (Wildman–Crippen MR) is 101 cm³/mol. The van der Waals surface area contributed by atoms with Gasteiger partial charge in [-0.1, -0.05) is 5.16 Å². The van der Waals surface area contributed by atoms with Crippen LogP contribution in [0.5, 0.6) is 5.75 Å². The van der Waals surface area contributed by atoms with E-state index in [9.17, 15) is 4.79 Å². The lowest BCUT2D eigenvalue weighted by atomic mass is 9.54. The zero-order valence-electron chi connectivity index (χ0n) is 16.1. The summed E-state index contributed by atoms with van der Waals surface area (Å²) in [4.78, 5) is 18.7. The predicted octanol–water partition coefficient (Wildman–Crippen LogP) is 4.09. The summed E-state index contributed by atoms with van der Waals surface area (Å²) in [5, 5.41) is 4.21. The van der Waals surface area contributed by atoms with Gasteiger partial charge >= 0.3 is 5.97 Å². The Morgan fingerprint density at radius 3 is 2.22 bits per heavy atom. The molecule has 0 saturated heterocycles. The molecule has 0 radical (unpaired) electrons. The molecule has 1 aromatic rings. The van der Waals surface area contributed by atoms with Gasteiger partial charge in [-0.3, -0.25) is 0 Å². The number of ether oxygens (including phenoxy) is 2. The van der Waals surface area contributed by atoms with Crippen LogP contribution < -0.4 is 4.74 Å². The lowest BCUT2D eigenvalue weighted by Gasteiger charge is -2.56. The van der Waals surface area contributed by atoms with Crippen LogP contribution in [0.4, 0.5) is 0 Å². The van der Waals surface area contributed by atoms with Crippen LogP contribution in [0.3, 0.4) is 0 Å². The van der Waals surface area contributed by atoms with Crippen molar-refractivity contribution in [1.82, 2.24) is 0 Å². The van der Waals surface area contributed by atoms with Gasteiger partial charge in [0.1, 0.15) is 11.4 Å². The molecule has 5 aliphatic rings. The van der Waals surface area contributed by atoms with E-state index in [1.54, 1.807) is 14.0 Å². The molecular weight excluding hydrogens is 342 g/mol. The summed E-state index contributed by atoms with van der Waals surface area (Å²) in [5.74, 6) is 2.77. The average molecular weight is 369 g/mol. The highest BCUT2D eigenvalue weighted by atomic mass is 16.7. The van der Waals surface area contributed by atoms with E-state index < -0.39 is 5.60 Å². The van der Waals surface area contributed by atoms with Crippen molar-refractivity contribution in [3.8, 4) is 5.75 Å². The second-order valence-corrected chi connectivity index (χ2v) is 9.26. The van der Waals surface area contributed by atoms with Crippen molar-refractivity contribution in [3.63, 3.8) is 0 Å². The molecule has 4 aliphatic carbocycles. The first-order valence-electron chi connectivity index (χ1n) is 10.1. The largest absolute Gasteiger partial charge is 0.497 e. The summed E-state index contributed by atoms with van der Waals surface area (Å²) >= 11 is 0. The lowest BCUT2D eigenvalue weighted by Crippen LogP contribution is -2.55. The van der Waals surface area contributed by atoms with Crippen molar-refractivity contribution in [3.05, 3.63) is 29.8 Å². The van der Waals surface area contributed by atoms with Crippen LogP contribution in [-0.4, -0.2) is 30.0 Å². The second kappa shape index (κ2) is 5.98. The highest BCUT2D eigenvalue weighted by Crippen LogP contribution is 2.57. The Bertz CT molecular complexity index is 749. The molecular formula is C22H27NO4. The molecule has 4 saturated carbocycles. The van der Waals surface area contributed by atoms with E-state index >= 15 is 0 Å². The van der Waals surface area contributed by atoms with Gasteiger partial charge in [0.05, 0.1) is 12.8 Å². The van der Waals surface area contributed by atoms with Crippen LogP contribution in [0.25, 0.3) is 0 Å². The third-order valence-corrected chi connectivity index (χ3v) is 7.01. The van der Waals surface area contributed by atoms with E-state index in [0.29, 0.717) is 6.42 Å². The first-order valence-corrected chi connectivity index (χ1v) is 10.1. The molecule has 1 aromatic carbocycles. The van der Waals surface area contributed by atoms with Crippen LogP contribution in [0.15, 0.2) is 29.4 Å². The third kappa shape index (κ3) is 2.91. The summed E-state index contributed by atoms with van der Waals surface area (Å²) in [6, 6.07) is 7.66. The van der Waals surface area contributed by atoms with Crippen LogP contribution in [0, 0.1) is 17.8 Å². The van der Waals surface area contributed by atoms with E-state index in [1.165, 1.54) is 19.3 Å². The highest BCUT2D eigenvalue weighted by molar-refractivity contribution is 6.04. The number of esters is 1. The quantitative estimate of drug-likeness (QED) is 0.750. The number of oxime groups is 1. The second-order valence-electron chi connectivity index (χ2n) is 9.26. The minimum Gasteiger partial charge on any atom is -0.497 e. The monoisotopic (exact) mass is 369 g/mol. The molecule has 6 rings (SSSR count). The fraction of sp³-hybridized carbons (Fsp3) is 0.636. The molecule has 4 bridgehead atoms. The summed E-state index contributed by atoms with van der Waals surface area (Å²) < 4.78 is 11.4. The van der Waals surface area contributed by atoms with E-state index in [2.05, 4.69) is 5.16 Å². The highest BCUT2D eigenvalue weighted by Gasteiger charge is 2.55. The van der Waals surface area contributed by atoms with Gasteiger partial charge in [0.15, 0.2) is 0 Å². The number of methoxy groups -OCH3 is 1. The maximum atomic E-state index is 13.1. The number of benzene rings is 1. The van der Waals surface area contributed by atoms with Gasteiger partial charge in [0.25, 0.3) is 0 Å². The van der Waals surface area contributed by atoms with Crippen molar-refractivity contribution in [1.29, 1.82) is 0 Å². The molecule has 1 atom stereocenters. The van der Waals surface area contributed by atoms with E-state index in [4.69, 9.17) is 14.3 Å². The Labute approximate surface area is 160 Å². The first-order chi connectivity index (χ1) is 13.0. The first kappa shape index (κ1) is 17.1. The molecule has 0 amide bonds. The van der Waals surface area contributed by atoms with Crippen LogP contribution in [0.2, 0.25) is 0 Å². The van der Waals surface area contributed by atoms with Crippen molar-refractivity contribution in [2.45, 2.75) is 63.1 Å². The topological polar surface area (TPSA) is 57.1 Å². The lowest BCUT2D eigenvalue weighted by molar-refractivity contribution is -0.205. The minimum absolute atomic E-state index is 0.249. The van der Waals surface area contributed by atoms with Gasteiger partial charge in [-0.15, -0.1) is 0 Å². The van der Waals surface area contributed by atoms with Gasteiger partial charge in [0, 0.05) is 6.42 Å². The molecule has 4 fully saturated rings. The molecule has 0 spiro atoms. The molecule has 5 heteroatoms. The third-order valence-electron chi connectivity index (χ3n) is 7.01. The number of hydrogen-bond acceptors (Lipinski definition) is 5. The number of carbonyl (C=O) groups is 1. The number of carbonyl (C=O) groups excluding carboxylic acids is 1. The summed E-state index contributed by atoms with van der Waals surface area (Å²) in [7, 11) is 1.64. The molecule has 0 aromatic heterocycles. The Hall–Kier alpha value is -2.04. The fourth-order valence-electron chi connectivity index (χ4n) is 6.05. The van der Waals surface area contributed by atoms with Crippen LogP contribution in [-0.2, 0) is 14.4 Å². The van der Waals surface area contributed by atoms with Gasteiger partial charge in [-0.2, -0.15) is 0 Å². The normalized spacial score (nSPS) is 39.0. The zero-order chi connectivity index (χ0) is 18.6. The molecule has 27 heavy (non-hydrogen) atoms. The minimum atomic E-state index is -1.03. The molecule has 1 aliphatic heterocycles. The number of nitrogens with zero attached hydrogens (tertiary/aromatic N) is 1. The van der Waals surface area contributed by atoms with Gasteiger partial charge in [0.2, 0.25) is 5.60 Å². The van der Waals surface area contributed by atoms with Gasteiger partial charge in [-0.05, 0) is 93.0 Å². The Kier molecular flexibility index (Phi) is 3.78. The SMILES string of the molecule is COc1ccc(C2=NO[C@](C)(C(=O)OC34CC5CC(CC(C5)C3)C4)C2)cc1. The van der Waals surface area contributed by atoms with Gasteiger partial charge in [-0.25, -0.2) is 4.79 Å². The average Bonchev–Trinajstić information content (AvgIpc) is 3.04. The number of rotatable bonds is 4. The molecule has 0 unspecified atom stereocenters. The standard InChI is InChI=1S/C22H27NO4/c1-21(13-19(23-27-21)17-3-5-18(25-2)6-4-17)20(24)26-22-10-14-7-15(11-22)9-16(8-14)12-22/h3-6,14-16H,7-13H2,1-2H3/t14?,15?,16?,21-,22?/m0/s1. The van der Waals surface area contributed by atoms with E-state index in [1.807, 2.05) is 24.3 Å². The molecule has 0 N–H and O–H groups in total. The van der Waals surface area contributed by atoms with Crippen LogP contribution >= 0.6 is 0 Å². The van der Waals surface area contributed by atoms with E-state index in [0.717, 1.165) is 54.0 Å². The van der Waals surface area contributed by atoms with Crippen molar-refractivity contribution < 1.29 is 19.1 Å². The van der Waals surface area contributed by atoms with Crippen molar-refractivity contribution >= 4 is 11.7 Å². The Morgan fingerprint density at radius 1 is 1.07 bits per heavy atom. The maximum Gasteiger partial charge on any atom is 0.354 e. The fourth-order valence-corrected chi connectivity index (χ4v) is 6.05. The maximum absolute atomic E-state index is 13.1. The summed E-state index contributed by atoms with van der Waals surface area (Å²) in [6.45, 7) is 1.80.